The molecule has 0 aliphatic heterocycles. The first-order valence-electron chi connectivity index (χ1n) is 25.2. The molecular formula is C51H98O6. The molecule has 0 aromatic rings. The maximum atomic E-state index is 12.8. The Morgan fingerprint density at radius 1 is 0.333 bits per heavy atom. The highest BCUT2D eigenvalue weighted by molar-refractivity contribution is 5.71. The summed E-state index contributed by atoms with van der Waals surface area (Å²) < 4.78 is 16.8. The van der Waals surface area contributed by atoms with Crippen molar-refractivity contribution in [2.24, 2.45) is 11.8 Å². The maximum Gasteiger partial charge on any atom is 0.306 e. The SMILES string of the molecule is CCCCCCCCCCCCCCCCCCCCC(=O)O[C@H](COC(=O)CCCCCCCCCCCC(C)C)COC(=O)CCCCCCCCC(C)C. The third kappa shape index (κ3) is 45.3. The van der Waals surface area contributed by atoms with Gasteiger partial charge in [0, 0.05) is 19.3 Å². The van der Waals surface area contributed by atoms with Crippen molar-refractivity contribution in [3.05, 3.63) is 0 Å². The first-order valence-corrected chi connectivity index (χ1v) is 25.2. The third-order valence-electron chi connectivity index (χ3n) is 11.5. The van der Waals surface area contributed by atoms with Crippen molar-refractivity contribution in [1.29, 1.82) is 0 Å². The highest BCUT2D eigenvalue weighted by atomic mass is 16.6. The molecule has 6 heteroatoms. The number of carbonyl (C=O) groups is 3. The molecule has 0 unspecified atom stereocenters. The second-order valence-corrected chi connectivity index (χ2v) is 18.4. The Bertz CT molecular complexity index is 870. The average molecular weight is 807 g/mol. The molecule has 0 rings (SSSR count). The lowest BCUT2D eigenvalue weighted by Gasteiger charge is -2.18. The van der Waals surface area contributed by atoms with Gasteiger partial charge in [-0.3, -0.25) is 14.4 Å². The molecule has 338 valence electrons. The van der Waals surface area contributed by atoms with Gasteiger partial charge < -0.3 is 14.2 Å². The Balaban J connectivity index is 4.26. The van der Waals surface area contributed by atoms with E-state index in [0.29, 0.717) is 19.3 Å². The van der Waals surface area contributed by atoms with Gasteiger partial charge in [0.25, 0.3) is 0 Å². The van der Waals surface area contributed by atoms with E-state index in [1.807, 2.05) is 0 Å². The zero-order chi connectivity index (χ0) is 41.9. The van der Waals surface area contributed by atoms with E-state index in [1.54, 1.807) is 0 Å². The number of hydrogen-bond donors (Lipinski definition) is 0. The summed E-state index contributed by atoms with van der Waals surface area (Å²) in [6, 6.07) is 0. The quantitative estimate of drug-likeness (QED) is 0.0346. The first kappa shape index (κ1) is 55.4. The minimum Gasteiger partial charge on any atom is -0.462 e. The predicted molar refractivity (Wildman–Crippen MR) is 243 cm³/mol. The van der Waals surface area contributed by atoms with Crippen LogP contribution in [-0.4, -0.2) is 37.2 Å². The average Bonchev–Trinajstić information content (AvgIpc) is 3.18. The molecule has 0 aromatic heterocycles. The third-order valence-corrected chi connectivity index (χ3v) is 11.5. The first-order chi connectivity index (χ1) is 27.7. The number of carbonyl (C=O) groups excluding carboxylic acids is 3. The fourth-order valence-electron chi connectivity index (χ4n) is 7.64. The standard InChI is InChI=1S/C51H98O6/c1-6-7-8-9-10-11-12-13-14-15-16-17-18-19-22-26-33-38-43-51(54)57-48(45-56-50(53)42-37-32-28-27-30-35-40-47(4)5)44-55-49(52)41-36-31-25-23-20-21-24-29-34-39-46(2)3/h46-48H,6-45H2,1-5H3/t48-/m1/s1. The lowest BCUT2D eigenvalue weighted by molar-refractivity contribution is -0.167. The smallest absolute Gasteiger partial charge is 0.306 e. The Labute approximate surface area is 355 Å². The Kier molecular flexibility index (Phi) is 42.7. The highest BCUT2D eigenvalue weighted by Crippen LogP contribution is 2.17. The number of hydrogen-bond acceptors (Lipinski definition) is 6. The van der Waals surface area contributed by atoms with Crippen molar-refractivity contribution in [2.45, 2.75) is 285 Å². The van der Waals surface area contributed by atoms with E-state index in [4.69, 9.17) is 14.2 Å². The van der Waals surface area contributed by atoms with Crippen LogP contribution in [0.3, 0.4) is 0 Å². The molecule has 0 aromatic carbocycles. The summed E-state index contributed by atoms with van der Waals surface area (Å²) in [6.07, 6.45) is 43.9. The van der Waals surface area contributed by atoms with Crippen LogP contribution in [0.15, 0.2) is 0 Å². The van der Waals surface area contributed by atoms with Gasteiger partial charge in [-0.05, 0) is 31.1 Å². The summed E-state index contributed by atoms with van der Waals surface area (Å²) in [7, 11) is 0. The predicted octanol–water partition coefficient (Wildman–Crippen LogP) is 16.1. The molecule has 1 atom stereocenters. The van der Waals surface area contributed by atoms with E-state index in [0.717, 1.165) is 69.6 Å². The number of rotatable bonds is 45. The van der Waals surface area contributed by atoms with Gasteiger partial charge in [-0.2, -0.15) is 0 Å². The highest BCUT2D eigenvalue weighted by Gasteiger charge is 2.19. The van der Waals surface area contributed by atoms with Gasteiger partial charge in [0.2, 0.25) is 0 Å². The van der Waals surface area contributed by atoms with Crippen LogP contribution in [0.1, 0.15) is 279 Å². The van der Waals surface area contributed by atoms with Gasteiger partial charge in [-0.1, -0.05) is 240 Å². The Hall–Kier alpha value is -1.59. The molecule has 0 amide bonds. The summed E-state index contributed by atoms with van der Waals surface area (Å²) in [4.78, 5) is 37.8. The topological polar surface area (TPSA) is 78.9 Å². The van der Waals surface area contributed by atoms with E-state index < -0.39 is 6.10 Å². The molecule has 0 fully saturated rings. The van der Waals surface area contributed by atoms with E-state index in [1.165, 1.54) is 167 Å². The van der Waals surface area contributed by atoms with Gasteiger partial charge in [0.05, 0.1) is 0 Å². The second-order valence-electron chi connectivity index (χ2n) is 18.4. The van der Waals surface area contributed by atoms with Crippen LogP contribution in [0.4, 0.5) is 0 Å². The van der Waals surface area contributed by atoms with Gasteiger partial charge in [-0.15, -0.1) is 0 Å². The zero-order valence-corrected chi connectivity index (χ0v) is 39.0. The monoisotopic (exact) mass is 807 g/mol. The van der Waals surface area contributed by atoms with E-state index >= 15 is 0 Å². The molecule has 0 bridgehead atoms. The van der Waals surface area contributed by atoms with Crippen LogP contribution in [0.5, 0.6) is 0 Å². The van der Waals surface area contributed by atoms with Crippen molar-refractivity contribution >= 4 is 17.9 Å². The molecule has 0 saturated carbocycles. The van der Waals surface area contributed by atoms with Crippen molar-refractivity contribution in [1.82, 2.24) is 0 Å². The fraction of sp³-hybridized carbons (Fsp3) is 0.941. The lowest BCUT2D eigenvalue weighted by Crippen LogP contribution is -2.30. The van der Waals surface area contributed by atoms with Crippen LogP contribution in [-0.2, 0) is 28.6 Å². The fourth-order valence-corrected chi connectivity index (χ4v) is 7.64. The van der Waals surface area contributed by atoms with Crippen LogP contribution < -0.4 is 0 Å². The summed E-state index contributed by atoms with van der Waals surface area (Å²) in [5.74, 6) is 0.715. The second kappa shape index (κ2) is 44.0. The molecule has 0 aliphatic rings. The van der Waals surface area contributed by atoms with Gasteiger partial charge in [0.1, 0.15) is 13.2 Å². The van der Waals surface area contributed by atoms with Crippen LogP contribution in [0, 0.1) is 11.8 Å². The molecule has 0 spiro atoms. The van der Waals surface area contributed by atoms with Crippen LogP contribution >= 0.6 is 0 Å². The Morgan fingerprint density at radius 2 is 0.579 bits per heavy atom. The molecule has 0 saturated heterocycles. The van der Waals surface area contributed by atoms with Crippen LogP contribution in [0.2, 0.25) is 0 Å². The van der Waals surface area contributed by atoms with Crippen molar-refractivity contribution in [2.75, 3.05) is 13.2 Å². The molecular weight excluding hydrogens is 709 g/mol. The maximum absolute atomic E-state index is 12.8. The molecule has 57 heavy (non-hydrogen) atoms. The number of ether oxygens (including phenoxy) is 3. The van der Waals surface area contributed by atoms with Gasteiger partial charge in [-0.25, -0.2) is 0 Å². The lowest BCUT2D eigenvalue weighted by atomic mass is 10.0. The van der Waals surface area contributed by atoms with Gasteiger partial charge in [0.15, 0.2) is 6.10 Å². The van der Waals surface area contributed by atoms with E-state index in [9.17, 15) is 14.4 Å². The van der Waals surface area contributed by atoms with Crippen molar-refractivity contribution < 1.29 is 28.6 Å². The van der Waals surface area contributed by atoms with Crippen molar-refractivity contribution in [3.8, 4) is 0 Å². The molecule has 0 heterocycles. The zero-order valence-electron chi connectivity index (χ0n) is 39.0. The minimum absolute atomic E-state index is 0.0653. The number of esters is 3. The van der Waals surface area contributed by atoms with E-state index in [2.05, 4.69) is 34.6 Å². The van der Waals surface area contributed by atoms with Crippen LogP contribution in [0.25, 0.3) is 0 Å². The summed E-state index contributed by atoms with van der Waals surface area (Å²) in [5.41, 5.74) is 0. The summed E-state index contributed by atoms with van der Waals surface area (Å²) in [5, 5.41) is 0. The normalized spacial score (nSPS) is 12.1. The Morgan fingerprint density at radius 3 is 0.860 bits per heavy atom. The van der Waals surface area contributed by atoms with Crippen molar-refractivity contribution in [3.63, 3.8) is 0 Å². The summed E-state index contributed by atoms with van der Waals surface area (Å²) >= 11 is 0. The molecule has 6 nitrogen and oxygen atoms in total. The molecule has 0 radical (unpaired) electrons. The number of unbranched alkanes of at least 4 members (excludes halogenated alkanes) is 30. The largest absolute Gasteiger partial charge is 0.462 e. The molecule has 0 aliphatic carbocycles. The molecule has 0 N–H and O–H groups in total. The van der Waals surface area contributed by atoms with E-state index in [-0.39, 0.29) is 31.1 Å². The van der Waals surface area contributed by atoms with Gasteiger partial charge >= 0.3 is 17.9 Å². The summed E-state index contributed by atoms with van der Waals surface area (Å²) in [6.45, 7) is 11.3. The minimum atomic E-state index is -0.762.